The van der Waals surface area contributed by atoms with E-state index in [1.807, 2.05) is 6.20 Å². The van der Waals surface area contributed by atoms with E-state index < -0.39 is 0 Å². The lowest BCUT2D eigenvalue weighted by Gasteiger charge is -2.32. The molecule has 0 unspecified atom stereocenters. The Morgan fingerprint density at radius 1 is 1.39 bits per heavy atom. The van der Waals surface area contributed by atoms with Crippen molar-refractivity contribution < 1.29 is 13.9 Å². The molecule has 3 N–H and O–H groups in total. The van der Waals surface area contributed by atoms with Crippen molar-refractivity contribution >= 4 is 46.9 Å². The van der Waals surface area contributed by atoms with Crippen LogP contribution in [0.3, 0.4) is 0 Å². The molecule has 1 aliphatic heterocycles. The molecule has 1 amide bonds. The monoisotopic (exact) mass is 503 g/mol. The van der Waals surface area contributed by atoms with Crippen molar-refractivity contribution in [3.8, 4) is 0 Å². The zero-order chi connectivity index (χ0) is 19.2. The van der Waals surface area contributed by atoms with Gasteiger partial charge in [-0.25, -0.2) is 9.18 Å². The number of amides is 1. The van der Waals surface area contributed by atoms with Gasteiger partial charge in [0.1, 0.15) is 5.82 Å². The molecule has 1 aromatic heterocycles. The van der Waals surface area contributed by atoms with Gasteiger partial charge >= 0.3 is 6.09 Å². The average molecular weight is 503 g/mol. The highest BCUT2D eigenvalue weighted by Crippen LogP contribution is 2.19. The van der Waals surface area contributed by atoms with Crippen LogP contribution in [0.25, 0.3) is 10.9 Å². The van der Waals surface area contributed by atoms with Crippen molar-refractivity contribution in [2.75, 3.05) is 33.8 Å². The molecule has 0 atom stereocenters. The largest absolute Gasteiger partial charge is 0.453 e. The van der Waals surface area contributed by atoms with Crippen LogP contribution in [-0.2, 0) is 11.2 Å². The predicted octanol–water partition coefficient (Wildman–Crippen LogP) is 2.86. The number of benzene rings is 1. The molecule has 1 saturated heterocycles. The number of aromatic amines is 1. The van der Waals surface area contributed by atoms with E-state index in [0.717, 1.165) is 41.7 Å². The number of H-pyrrole nitrogens is 1. The Labute approximate surface area is 181 Å². The van der Waals surface area contributed by atoms with E-state index in [1.54, 1.807) is 24.1 Å². The number of rotatable bonds is 4. The smallest absolute Gasteiger partial charge is 0.409 e. The molecular weight excluding hydrogens is 476 g/mol. The molecule has 3 rings (SSSR count). The van der Waals surface area contributed by atoms with E-state index in [2.05, 4.69) is 20.6 Å². The van der Waals surface area contributed by atoms with Gasteiger partial charge in [-0.05, 0) is 43.0 Å². The van der Waals surface area contributed by atoms with Crippen molar-refractivity contribution in [2.24, 2.45) is 4.99 Å². The molecule has 9 heteroatoms. The van der Waals surface area contributed by atoms with Gasteiger partial charge in [-0.3, -0.25) is 4.99 Å². The Kier molecular flexibility index (Phi) is 8.34. The van der Waals surface area contributed by atoms with Gasteiger partial charge in [-0.15, -0.1) is 24.0 Å². The van der Waals surface area contributed by atoms with E-state index in [9.17, 15) is 9.18 Å². The molecule has 0 aliphatic carbocycles. The lowest BCUT2D eigenvalue weighted by molar-refractivity contribution is 0.111. The number of carbonyl (C=O) groups excluding carboxylic acids is 1. The molecular formula is C19H27FIN5O2. The Hall–Kier alpha value is -2.04. The zero-order valence-electron chi connectivity index (χ0n) is 16.1. The Bertz CT molecular complexity index is 818. The van der Waals surface area contributed by atoms with Crippen molar-refractivity contribution in [1.29, 1.82) is 0 Å². The summed E-state index contributed by atoms with van der Waals surface area (Å²) in [6.07, 6.45) is 4.09. The lowest BCUT2D eigenvalue weighted by atomic mass is 10.1. The molecule has 0 radical (unpaired) electrons. The molecule has 7 nitrogen and oxygen atoms in total. The summed E-state index contributed by atoms with van der Waals surface area (Å²) in [6, 6.07) is 5.03. The van der Waals surface area contributed by atoms with Gasteiger partial charge in [0.05, 0.1) is 7.11 Å². The van der Waals surface area contributed by atoms with Gasteiger partial charge in [0, 0.05) is 49.8 Å². The van der Waals surface area contributed by atoms with E-state index in [0.29, 0.717) is 19.6 Å². The summed E-state index contributed by atoms with van der Waals surface area (Å²) in [5.41, 5.74) is 2.00. The number of hydrogen-bond donors (Lipinski definition) is 3. The van der Waals surface area contributed by atoms with Crippen LogP contribution in [0, 0.1) is 5.82 Å². The number of aromatic nitrogens is 1. The number of likely N-dealkylation sites (tertiary alicyclic amines) is 1. The number of halogens is 2. The fourth-order valence-electron chi connectivity index (χ4n) is 3.40. The number of aliphatic imine (C=N–C) groups is 1. The number of carbonyl (C=O) groups is 1. The van der Waals surface area contributed by atoms with Gasteiger partial charge in [-0.2, -0.15) is 0 Å². The van der Waals surface area contributed by atoms with Gasteiger partial charge in [-0.1, -0.05) is 0 Å². The summed E-state index contributed by atoms with van der Waals surface area (Å²) in [5, 5.41) is 7.62. The molecule has 2 heterocycles. The summed E-state index contributed by atoms with van der Waals surface area (Å²) in [4.78, 5) is 20.7. The highest BCUT2D eigenvalue weighted by molar-refractivity contribution is 14.0. The Balaban J connectivity index is 0.00000280. The molecule has 2 aromatic rings. The van der Waals surface area contributed by atoms with Gasteiger partial charge in [0.15, 0.2) is 5.96 Å². The fraction of sp³-hybridized carbons (Fsp3) is 0.474. The van der Waals surface area contributed by atoms with Gasteiger partial charge in [0.25, 0.3) is 0 Å². The topological polar surface area (TPSA) is 81.8 Å². The summed E-state index contributed by atoms with van der Waals surface area (Å²) in [7, 11) is 3.14. The maximum atomic E-state index is 13.5. The summed E-state index contributed by atoms with van der Waals surface area (Å²) in [6.45, 7) is 2.02. The minimum atomic E-state index is -0.272. The second-order valence-electron chi connectivity index (χ2n) is 6.63. The standard InChI is InChI=1S/C19H26FN5O2.HI/c1-21-18(24-15-6-9-25(10-7-15)19(26)27-2)22-8-5-13-12-23-17-4-3-14(20)11-16(13)17;/h3-4,11-12,15,23H,5-10H2,1-2H3,(H2,21,22,24);1H. The SMILES string of the molecule is CN=C(NCCc1c[nH]c2ccc(F)cc12)NC1CCN(C(=O)OC)CC1.I. The van der Waals surface area contributed by atoms with Crippen LogP contribution in [0.2, 0.25) is 0 Å². The van der Waals surface area contributed by atoms with Crippen LogP contribution < -0.4 is 10.6 Å². The Morgan fingerprint density at radius 2 is 2.14 bits per heavy atom. The Morgan fingerprint density at radius 3 is 2.82 bits per heavy atom. The summed E-state index contributed by atoms with van der Waals surface area (Å²) < 4.78 is 18.2. The number of ether oxygens (including phenoxy) is 1. The maximum absolute atomic E-state index is 13.5. The molecule has 1 fully saturated rings. The summed E-state index contributed by atoms with van der Waals surface area (Å²) >= 11 is 0. The number of hydrogen-bond acceptors (Lipinski definition) is 3. The van der Waals surface area contributed by atoms with Crippen molar-refractivity contribution in [3.05, 3.63) is 35.8 Å². The molecule has 0 spiro atoms. The van der Waals surface area contributed by atoms with E-state index >= 15 is 0 Å². The molecule has 0 bridgehead atoms. The number of nitrogens with zero attached hydrogens (tertiary/aromatic N) is 2. The molecule has 154 valence electrons. The minimum Gasteiger partial charge on any atom is -0.453 e. The molecule has 28 heavy (non-hydrogen) atoms. The zero-order valence-corrected chi connectivity index (χ0v) is 18.5. The fourth-order valence-corrected chi connectivity index (χ4v) is 3.40. The first-order chi connectivity index (χ1) is 13.1. The van der Waals surface area contributed by atoms with Crippen molar-refractivity contribution in [1.82, 2.24) is 20.5 Å². The minimum absolute atomic E-state index is 0. The van der Waals surface area contributed by atoms with Crippen molar-refractivity contribution in [2.45, 2.75) is 25.3 Å². The van der Waals surface area contributed by atoms with Gasteiger partial charge in [0.2, 0.25) is 0 Å². The normalized spacial score (nSPS) is 15.2. The maximum Gasteiger partial charge on any atom is 0.409 e. The first-order valence-corrected chi connectivity index (χ1v) is 9.16. The lowest BCUT2D eigenvalue weighted by Crippen LogP contribution is -2.50. The van der Waals surface area contributed by atoms with E-state index in [-0.39, 0.29) is 41.9 Å². The third kappa shape index (κ3) is 5.49. The van der Waals surface area contributed by atoms with Crippen LogP contribution >= 0.6 is 24.0 Å². The second kappa shape index (κ2) is 10.5. The van der Waals surface area contributed by atoms with Crippen LogP contribution in [-0.4, -0.2) is 61.8 Å². The summed E-state index contributed by atoms with van der Waals surface area (Å²) in [5.74, 6) is 0.504. The number of nitrogens with one attached hydrogen (secondary N) is 3. The molecule has 1 aromatic carbocycles. The highest BCUT2D eigenvalue weighted by atomic mass is 127. The van der Waals surface area contributed by atoms with Crippen LogP contribution in [0.15, 0.2) is 29.4 Å². The van der Waals surface area contributed by atoms with Crippen LogP contribution in [0.5, 0.6) is 0 Å². The van der Waals surface area contributed by atoms with Crippen LogP contribution in [0.4, 0.5) is 9.18 Å². The third-order valence-electron chi connectivity index (χ3n) is 4.91. The number of fused-ring (bicyclic) bond motifs is 1. The van der Waals surface area contributed by atoms with Gasteiger partial charge < -0.3 is 25.3 Å². The average Bonchev–Trinajstić information content (AvgIpc) is 3.09. The highest BCUT2D eigenvalue weighted by Gasteiger charge is 2.23. The van der Waals surface area contributed by atoms with Crippen molar-refractivity contribution in [3.63, 3.8) is 0 Å². The molecule has 0 saturated carbocycles. The van der Waals surface area contributed by atoms with Crippen LogP contribution in [0.1, 0.15) is 18.4 Å². The number of piperidine rings is 1. The quantitative estimate of drug-likeness (QED) is 0.341. The number of guanidine groups is 1. The number of methoxy groups -OCH3 is 1. The van der Waals surface area contributed by atoms with E-state index in [4.69, 9.17) is 4.74 Å². The predicted molar refractivity (Wildman–Crippen MR) is 119 cm³/mol. The first-order valence-electron chi connectivity index (χ1n) is 9.16. The van der Waals surface area contributed by atoms with E-state index in [1.165, 1.54) is 13.2 Å². The first kappa shape index (κ1) is 22.3. The third-order valence-corrected chi connectivity index (χ3v) is 4.91. The molecule has 1 aliphatic rings. The second-order valence-corrected chi connectivity index (χ2v) is 6.63.